The summed E-state index contributed by atoms with van der Waals surface area (Å²) in [5.74, 6) is 1.06. The zero-order valence-corrected chi connectivity index (χ0v) is 10.0. The van der Waals surface area contributed by atoms with Crippen LogP contribution in [0.4, 0.5) is 0 Å². The van der Waals surface area contributed by atoms with Gasteiger partial charge in [0.2, 0.25) is 5.91 Å². The van der Waals surface area contributed by atoms with Gasteiger partial charge in [-0.05, 0) is 25.2 Å². The highest BCUT2D eigenvalue weighted by Crippen LogP contribution is 2.18. The van der Waals surface area contributed by atoms with Crippen molar-refractivity contribution in [3.8, 4) is 0 Å². The molecule has 0 spiro atoms. The van der Waals surface area contributed by atoms with Gasteiger partial charge < -0.3 is 4.90 Å². The number of carbonyl (C=O) groups is 1. The van der Waals surface area contributed by atoms with E-state index < -0.39 is 0 Å². The van der Waals surface area contributed by atoms with E-state index in [9.17, 15) is 4.79 Å². The van der Waals surface area contributed by atoms with Crippen LogP contribution in [0.1, 0.15) is 33.1 Å². The molecule has 1 saturated heterocycles. The van der Waals surface area contributed by atoms with Gasteiger partial charge in [-0.2, -0.15) is 0 Å². The fraction of sp³-hybridized carbons (Fsp3) is 0.900. The molecule has 0 aliphatic carbocycles. The normalized spacial score (nSPS) is 21.6. The van der Waals surface area contributed by atoms with E-state index >= 15 is 0 Å². The lowest BCUT2D eigenvalue weighted by Crippen LogP contribution is -2.41. The van der Waals surface area contributed by atoms with E-state index in [1.165, 1.54) is 0 Å². The minimum atomic E-state index is 0.0286. The molecule has 0 radical (unpaired) electrons. The average molecular weight is 248 g/mol. The van der Waals surface area contributed by atoms with Crippen molar-refractivity contribution >= 4 is 21.8 Å². The second kappa shape index (κ2) is 4.99. The van der Waals surface area contributed by atoms with Crippen molar-refractivity contribution in [2.24, 2.45) is 5.92 Å². The van der Waals surface area contributed by atoms with Gasteiger partial charge in [0.25, 0.3) is 0 Å². The van der Waals surface area contributed by atoms with Gasteiger partial charge >= 0.3 is 0 Å². The maximum atomic E-state index is 11.7. The monoisotopic (exact) mass is 247 g/mol. The molecule has 0 bridgehead atoms. The van der Waals surface area contributed by atoms with Crippen LogP contribution >= 0.6 is 15.9 Å². The molecule has 0 saturated carbocycles. The lowest BCUT2D eigenvalue weighted by Gasteiger charge is -2.31. The number of likely N-dealkylation sites (tertiary alicyclic amines) is 1. The number of carbonyl (C=O) groups excluding carboxylic acids is 1. The Kier molecular flexibility index (Phi) is 4.23. The first-order valence-electron chi connectivity index (χ1n) is 5.08. The van der Waals surface area contributed by atoms with Crippen LogP contribution in [0.25, 0.3) is 0 Å². The first-order chi connectivity index (χ1) is 6.15. The molecule has 3 heteroatoms. The maximum absolute atomic E-state index is 11.7. The van der Waals surface area contributed by atoms with E-state index in [0.29, 0.717) is 0 Å². The van der Waals surface area contributed by atoms with Gasteiger partial charge in [-0.1, -0.05) is 29.8 Å². The van der Waals surface area contributed by atoms with Gasteiger partial charge in [-0.15, -0.1) is 0 Å². The third kappa shape index (κ3) is 2.97. The Labute approximate surface area is 88.8 Å². The molecule has 0 aromatic rings. The second-order valence-corrected chi connectivity index (χ2v) is 4.99. The summed E-state index contributed by atoms with van der Waals surface area (Å²) < 4.78 is 0. The Balaban J connectivity index is 2.40. The van der Waals surface area contributed by atoms with Crippen LogP contribution in [-0.4, -0.2) is 28.7 Å². The number of halogens is 1. The van der Waals surface area contributed by atoms with Crippen molar-refractivity contribution in [2.45, 2.75) is 37.9 Å². The molecule has 1 aliphatic heterocycles. The molecule has 1 rings (SSSR count). The summed E-state index contributed by atoms with van der Waals surface area (Å²) >= 11 is 3.40. The Morgan fingerprint density at radius 3 is 2.54 bits per heavy atom. The lowest BCUT2D eigenvalue weighted by molar-refractivity contribution is -0.131. The number of hydrogen-bond donors (Lipinski definition) is 0. The molecule has 1 atom stereocenters. The molecule has 0 aromatic heterocycles. The van der Waals surface area contributed by atoms with E-state index in [4.69, 9.17) is 0 Å². The van der Waals surface area contributed by atoms with Crippen LogP contribution in [0.2, 0.25) is 0 Å². The predicted octanol–water partition coefficient (Wildman–Crippen LogP) is 2.42. The van der Waals surface area contributed by atoms with Crippen molar-refractivity contribution in [2.75, 3.05) is 13.1 Å². The fourth-order valence-corrected chi connectivity index (χ4v) is 1.89. The summed E-state index contributed by atoms with van der Waals surface area (Å²) in [5, 5.41) is 0. The molecule has 0 N–H and O–H groups in total. The third-order valence-electron chi connectivity index (χ3n) is 2.72. The number of alkyl halides is 1. The topological polar surface area (TPSA) is 20.3 Å². The number of piperidine rings is 1. The fourth-order valence-electron chi connectivity index (χ4n) is 1.60. The number of hydrogen-bond acceptors (Lipinski definition) is 1. The lowest BCUT2D eigenvalue weighted by atomic mass is 9.99. The average Bonchev–Trinajstić information content (AvgIpc) is 2.17. The summed E-state index contributed by atoms with van der Waals surface area (Å²) in [4.78, 5) is 13.7. The van der Waals surface area contributed by atoms with E-state index in [0.717, 1.165) is 38.3 Å². The molecule has 76 valence electrons. The van der Waals surface area contributed by atoms with Gasteiger partial charge in [-0.3, -0.25) is 4.79 Å². The van der Waals surface area contributed by atoms with Gasteiger partial charge in [0.05, 0.1) is 4.83 Å². The Hall–Kier alpha value is -0.0500. The van der Waals surface area contributed by atoms with Gasteiger partial charge in [-0.25, -0.2) is 0 Å². The van der Waals surface area contributed by atoms with Crippen LogP contribution in [0.15, 0.2) is 0 Å². The van der Waals surface area contributed by atoms with Crippen molar-refractivity contribution in [3.63, 3.8) is 0 Å². The summed E-state index contributed by atoms with van der Waals surface area (Å²) in [7, 11) is 0. The number of rotatable bonds is 2. The van der Waals surface area contributed by atoms with E-state index in [-0.39, 0.29) is 10.7 Å². The molecule has 1 amide bonds. The van der Waals surface area contributed by atoms with E-state index in [2.05, 4.69) is 22.9 Å². The minimum Gasteiger partial charge on any atom is -0.342 e. The standard InChI is InChI=1S/C10H18BrNO/c1-3-9(11)10(13)12-6-4-8(2)5-7-12/h8-9H,3-7H2,1-2H3/t9-/m0/s1. The van der Waals surface area contributed by atoms with Crippen LogP contribution in [0.5, 0.6) is 0 Å². The molecule has 1 aliphatic rings. The van der Waals surface area contributed by atoms with Crippen molar-refractivity contribution in [1.29, 1.82) is 0 Å². The van der Waals surface area contributed by atoms with Crippen molar-refractivity contribution < 1.29 is 4.79 Å². The van der Waals surface area contributed by atoms with Crippen molar-refractivity contribution in [3.05, 3.63) is 0 Å². The van der Waals surface area contributed by atoms with Gasteiger partial charge in [0.15, 0.2) is 0 Å². The van der Waals surface area contributed by atoms with Crippen molar-refractivity contribution in [1.82, 2.24) is 4.90 Å². The summed E-state index contributed by atoms with van der Waals surface area (Å²) in [5.41, 5.74) is 0. The zero-order valence-electron chi connectivity index (χ0n) is 8.42. The van der Waals surface area contributed by atoms with E-state index in [1.54, 1.807) is 0 Å². The first kappa shape index (κ1) is 11.0. The minimum absolute atomic E-state index is 0.0286. The quantitative estimate of drug-likeness (QED) is 0.687. The molecule has 1 heterocycles. The molecule has 0 unspecified atom stereocenters. The largest absolute Gasteiger partial charge is 0.342 e. The van der Waals surface area contributed by atoms with Gasteiger partial charge in [0, 0.05) is 13.1 Å². The molecule has 2 nitrogen and oxygen atoms in total. The molecule has 1 fully saturated rings. The van der Waals surface area contributed by atoms with Crippen LogP contribution in [0, 0.1) is 5.92 Å². The number of nitrogens with zero attached hydrogens (tertiary/aromatic N) is 1. The van der Waals surface area contributed by atoms with Crippen LogP contribution in [-0.2, 0) is 4.79 Å². The Bertz CT molecular complexity index is 176. The molecular formula is C10H18BrNO. The predicted molar refractivity (Wildman–Crippen MR) is 58.0 cm³/mol. The highest BCUT2D eigenvalue weighted by molar-refractivity contribution is 9.10. The third-order valence-corrected chi connectivity index (χ3v) is 3.76. The van der Waals surface area contributed by atoms with Gasteiger partial charge in [0.1, 0.15) is 0 Å². The highest BCUT2D eigenvalue weighted by atomic mass is 79.9. The van der Waals surface area contributed by atoms with E-state index in [1.807, 2.05) is 11.8 Å². The molecular weight excluding hydrogens is 230 g/mol. The van der Waals surface area contributed by atoms with Crippen LogP contribution < -0.4 is 0 Å². The Morgan fingerprint density at radius 2 is 2.08 bits per heavy atom. The zero-order chi connectivity index (χ0) is 9.84. The summed E-state index contributed by atoms with van der Waals surface area (Å²) in [6, 6.07) is 0. The highest BCUT2D eigenvalue weighted by Gasteiger charge is 2.23. The first-order valence-corrected chi connectivity index (χ1v) is 5.99. The SMILES string of the molecule is CC[C@H](Br)C(=O)N1CCC(C)CC1. The van der Waals surface area contributed by atoms with Crippen LogP contribution in [0.3, 0.4) is 0 Å². The molecule has 13 heavy (non-hydrogen) atoms. The summed E-state index contributed by atoms with van der Waals surface area (Å²) in [6.45, 7) is 6.18. The maximum Gasteiger partial charge on any atom is 0.236 e. The smallest absolute Gasteiger partial charge is 0.236 e. The Morgan fingerprint density at radius 1 is 1.54 bits per heavy atom. The second-order valence-electron chi connectivity index (χ2n) is 3.88. The molecule has 0 aromatic carbocycles. The summed E-state index contributed by atoms with van der Waals surface area (Å²) in [6.07, 6.45) is 3.20. The number of amides is 1.